The third-order valence-corrected chi connectivity index (χ3v) is 2.14. The van der Waals surface area contributed by atoms with E-state index in [0.29, 0.717) is 11.8 Å². The smallest absolute Gasteiger partial charge is 0.781 e. The Bertz CT molecular complexity index is 121. The molecule has 70 valence electrons. The Labute approximate surface area is 111 Å². The van der Waals surface area contributed by atoms with Gasteiger partial charge in [0, 0.05) is 11.8 Å². The molecule has 0 aliphatic rings. The van der Waals surface area contributed by atoms with Gasteiger partial charge in [0.15, 0.2) is 0 Å². The van der Waals surface area contributed by atoms with Crippen molar-refractivity contribution in [3.8, 4) is 0 Å². The molecule has 0 radical (unpaired) electrons. The summed E-state index contributed by atoms with van der Waals surface area (Å²) in [5.41, 5.74) is 0. The van der Waals surface area contributed by atoms with Crippen LogP contribution in [0.4, 0.5) is 0 Å². The Hall–Kier alpha value is 2.18. The van der Waals surface area contributed by atoms with E-state index in [0.717, 1.165) is 0 Å². The van der Waals surface area contributed by atoms with E-state index in [2.05, 4.69) is 4.31 Å². The van der Waals surface area contributed by atoms with Gasteiger partial charge in [0.1, 0.15) is 16.5 Å². The van der Waals surface area contributed by atoms with Crippen LogP contribution in [0.25, 0.3) is 0 Å². The van der Waals surface area contributed by atoms with Crippen LogP contribution in [0.5, 0.6) is 0 Å². The normalized spacial score (nSPS) is 13.3. The van der Waals surface area contributed by atoms with Crippen LogP contribution in [-0.4, -0.2) is 49.5 Å². The molecule has 0 fully saturated rings. The molecule has 2 unspecified atom stereocenters. The van der Waals surface area contributed by atoms with Gasteiger partial charge in [-0.1, -0.05) is 0 Å². The van der Waals surface area contributed by atoms with E-state index in [9.17, 15) is 18.9 Å². The molecular formula is C2H6CaCl2O5P2. The molecule has 0 aliphatic carbocycles. The summed E-state index contributed by atoms with van der Waals surface area (Å²) in [6.45, 7) is 0. The summed E-state index contributed by atoms with van der Waals surface area (Å²) in [7, 11) is -7.03. The summed E-state index contributed by atoms with van der Waals surface area (Å²) in [6, 6.07) is 0. The van der Waals surface area contributed by atoms with Crippen molar-refractivity contribution in [2.75, 3.05) is 11.8 Å². The van der Waals surface area contributed by atoms with Gasteiger partial charge >= 0.3 is 37.7 Å². The van der Waals surface area contributed by atoms with Gasteiger partial charge in [-0.3, -0.25) is 4.31 Å². The van der Waals surface area contributed by atoms with Gasteiger partial charge in [-0.05, 0) is 0 Å². The summed E-state index contributed by atoms with van der Waals surface area (Å²) in [4.78, 5) is 18.6. The molecule has 0 aromatic heterocycles. The van der Waals surface area contributed by atoms with Gasteiger partial charge in [-0.25, -0.2) is 0 Å². The third kappa shape index (κ3) is 29.5. The van der Waals surface area contributed by atoms with E-state index in [-0.39, 0.29) is 37.7 Å². The molecule has 5 nitrogen and oxygen atoms in total. The van der Waals surface area contributed by atoms with Crippen molar-refractivity contribution in [3.05, 3.63) is 0 Å². The topological polar surface area (TPSA) is 89.5 Å². The zero-order valence-electron chi connectivity index (χ0n) is 5.92. The van der Waals surface area contributed by atoms with Gasteiger partial charge in [0.05, 0.1) is 0 Å². The van der Waals surface area contributed by atoms with Crippen molar-refractivity contribution >= 4 is 77.4 Å². The predicted octanol–water partition coefficient (Wildman–Crippen LogP) is -0.414. The number of alkyl halides is 2. The quantitative estimate of drug-likeness (QED) is 0.399. The Morgan fingerprint density at radius 3 is 1.33 bits per heavy atom. The van der Waals surface area contributed by atoms with Gasteiger partial charge in [0.2, 0.25) is 0 Å². The number of halogens is 2. The monoisotopic (exact) mass is 282 g/mol. The summed E-state index contributed by atoms with van der Waals surface area (Å²) in [6.07, 6.45) is 0. The van der Waals surface area contributed by atoms with Gasteiger partial charge < -0.3 is 18.9 Å². The van der Waals surface area contributed by atoms with Crippen LogP contribution in [0.15, 0.2) is 0 Å². The zero-order chi connectivity index (χ0) is 9.28. The maximum absolute atomic E-state index is 9.29. The number of hydrogen-bond donors (Lipinski definition) is 0. The molecule has 0 saturated heterocycles. The molecule has 0 amide bonds. The molecular weight excluding hydrogens is 277 g/mol. The van der Waals surface area contributed by atoms with Gasteiger partial charge in [-0.2, -0.15) is 0 Å². The summed E-state index contributed by atoms with van der Waals surface area (Å²) < 4.78 is 21.8. The maximum Gasteiger partial charge on any atom is 2.00 e. The van der Waals surface area contributed by atoms with E-state index in [1.54, 1.807) is 0 Å². The largest absolute Gasteiger partial charge is 2.00 e. The molecule has 0 rings (SSSR count). The van der Waals surface area contributed by atoms with Crippen molar-refractivity contribution in [2.24, 2.45) is 0 Å². The SMILES string of the molecule is ClCCCl.O=[PH]([O-])O[PH](=O)[O-].[Ca+2]. The second kappa shape index (κ2) is 15.6. The summed E-state index contributed by atoms with van der Waals surface area (Å²) in [5, 5.41) is 0. The van der Waals surface area contributed by atoms with Crippen molar-refractivity contribution in [1.82, 2.24) is 0 Å². The molecule has 0 heterocycles. The van der Waals surface area contributed by atoms with Crippen molar-refractivity contribution in [1.29, 1.82) is 0 Å². The number of hydrogen-bond acceptors (Lipinski definition) is 5. The number of rotatable bonds is 3. The third-order valence-electron chi connectivity index (χ3n) is 0.238. The standard InChI is InChI=1S/C2H4Cl2.Ca.H4O5P2/c3-1-2-4;;1-6(2)5-7(3)4/h1-2H2;;6-7H,(H,1,2)(H,3,4)/q;+2;/p-2. The van der Waals surface area contributed by atoms with Crippen LogP contribution in [0.1, 0.15) is 0 Å². The second-order valence-corrected chi connectivity index (χ2v) is 3.55. The average molecular weight is 283 g/mol. The fraction of sp³-hybridized carbons (Fsp3) is 1.00. The van der Waals surface area contributed by atoms with E-state index in [1.807, 2.05) is 0 Å². The summed E-state index contributed by atoms with van der Waals surface area (Å²) >= 11 is 10.1. The Balaban J connectivity index is -0.000000142. The van der Waals surface area contributed by atoms with E-state index in [4.69, 9.17) is 23.2 Å². The van der Waals surface area contributed by atoms with Crippen LogP contribution in [0.3, 0.4) is 0 Å². The van der Waals surface area contributed by atoms with Gasteiger partial charge in [0.25, 0.3) is 0 Å². The molecule has 10 heteroatoms. The molecule has 0 saturated carbocycles. The Morgan fingerprint density at radius 1 is 1.08 bits per heavy atom. The first-order chi connectivity index (χ1) is 5.04. The fourth-order valence-corrected chi connectivity index (χ4v) is 0.612. The minimum Gasteiger partial charge on any atom is -0.781 e. The maximum atomic E-state index is 9.29. The fourth-order valence-electron chi connectivity index (χ4n) is 0.0680. The van der Waals surface area contributed by atoms with Crippen molar-refractivity contribution in [2.45, 2.75) is 0 Å². The van der Waals surface area contributed by atoms with Crippen LogP contribution in [0.2, 0.25) is 0 Å². The Morgan fingerprint density at radius 2 is 1.33 bits per heavy atom. The summed E-state index contributed by atoms with van der Waals surface area (Å²) in [5.74, 6) is 1.11. The molecule has 0 aromatic rings. The minimum absolute atomic E-state index is 0. The zero-order valence-corrected chi connectivity index (χ0v) is 11.6. The van der Waals surface area contributed by atoms with Crippen LogP contribution < -0.4 is 9.79 Å². The Kier molecular flexibility index (Phi) is 25.7. The molecule has 0 bridgehead atoms. The minimum atomic E-state index is -3.51. The first-order valence-corrected chi connectivity index (χ1v) is 5.78. The van der Waals surface area contributed by atoms with Crippen LogP contribution in [0, 0.1) is 0 Å². The average Bonchev–Trinajstić information content (AvgIpc) is 1.85. The van der Waals surface area contributed by atoms with E-state index >= 15 is 0 Å². The first kappa shape index (κ1) is 19.7. The second-order valence-electron chi connectivity index (χ2n) is 0.980. The van der Waals surface area contributed by atoms with Crippen molar-refractivity contribution in [3.63, 3.8) is 0 Å². The molecule has 2 atom stereocenters. The molecule has 0 N–H and O–H groups in total. The van der Waals surface area contributed by atoms with Crippen molar-refractivity contribution < 1.29 is 23.2 Å². The molecule has 0 aliphatic heterocycles. The molecule has 0 spiro atoms. The predicted molar refractivity (Wildman–Crippen MR) is 46.3 cm³/mol. The molecule has 0 aromatic carbocycles. The van der Waals surface area contributed by atoms with E-state index in [1.165, 1.54) is 0 Å². The van der Waals surface area contributed by atoms with Crippen LogP contribution in [-0.2, 0) is 13.4 Å². The van der Waals surface area contributed by atoms with Gasteiger partial charge in [-0.15, -0.1) is 23.2 Å². The van der Waals surface area contributed by atoms with E-state index < -0.39 is 16.5 Å². The first-order valence-electron chi connectivity index (χ1n) is 2.26. The molecule has 12 heavy (non-hydrogen) atoms. The van der Waals surface area contributed by atoms with Crippen LogP contribution >= 0.6 is 39.7 Å².